The second kappa shape index (κ2) is 8.28. The van der Waals surface area contributed by atoms with Crippen molar-refractivity contribution in [2.45, 2.75) is 38.6 Å². The maximum atomic E-state index is 13.0. The topological polar surface area (TPSA) is 73.0 Å². The lowest BCUT2D eigenvalue weighted by atomic mass is 9.75. The van der Waals surface area contributed by atoms with Crippen LogP contribution >= 0.6 is 0 Å². The Hall–Kier alpha value is -2.57. The largest absolute Gasteiger partial charge is 0.342 e. The third kappa shape index (κ3) is 3.55. The van der Waals surface area contributed by atoms with Gasteiger partial charge in [-0.2, -0.15) is 0 Å². The molecule has 0 aromatic heterocycles. The SMILES string of the molecule is CCN1C(=O)[C@@H]2CN(C(C)=O)C[C@H]2C12CCN(C(=O)NCCc1ccccc1)CC2. The average molecular weight is 413 g/mol. The van der Waals surface area contributed by atoms with E-state index in [4.69, 9.17) is 0 Å². The van der Waals surface area contributed by atoms with Crippen molar-refractivity contribution in [1.29, 1.82) is 0 Å². The van der Waals surface area contributed by atoms with Crippen LogP contribution in [0.3, 0.4) is 0 Å². The molecule has 0 bridgehead atoms. The van der Waals surface area contributed by atoms with Crippen molar-refractivity contribution in [2.24, 2.45) is 11.8 Å². The fourth-order valence-electron chi connectivity index (χ4n) is 5.75. The lowest BCUT2D eigenvalue weighted by molar-refractivity contribution is -0.136. The van der Waals surface area contributed by atoms with Gasteiger partial charge in [0.2, 0.25) is 11.8 Å². The van der Waals surface area contributed by atoms with Crippen LogP contribution in [-0.2, 0) is 16.0 Å². The Balaban J connectivity index is 1.36. The lowest BCUT2D eigenvalue weighted by Gasteiger charge is -2.47. The minimum absolute atomic E-state index is 0.0264. The molecular formula is C23H32N4O3. The summed E-state index contributed by atoms with van der Waals surface area (Å²) in [6.07, 6.45) is 2.38. The highest BCUT2D eigenvalue weighted by Gasteiger charge is 2.61. The van der Waals surface area contributed by atoms with E-state index in [0.717, 1.165) is 19.3 Å². The van der Waals surface area contributed by atoms with Gasteiger partial charge in [0.1, 0.15) is 0 Å². The third-order valence-corrected chi connectivity index (χ3v) is 7.34. The molecule has 3 heterocycles. The zero-order valence-corrected chi connectivity index (χ0v) is 18.0. The van der Waals surface area contributed by atoms with Gasteiger partial charge in [-0.05, 0) is 31.7 Å². The second-order valence-corrected chi connectivity index (χ2v) is 8.78. The fourth-order valence-corrected chi connectivity index (χ4v) is 5.75. The number of rotatable bonds is 4. The molecular weight excluding hydrogens is 380 g/mol. The molecule has 1 aromatic carbocycles. The minimum Gasteiger partial charge on any atom is -0.342 e. The summed E-state index contributed by atoms with van der Waals surface area (Å²) in [6, 6.07) is 10.1. The number of carbonyl (C=O) groups excluding carboxylic acids is 3. The number of nitrogens with zero attached hydrogens (tertiary/aromatic N) is 3. The summed E-state index contributed by atoms with van der Waals surface area (Å²) in [6.45, 7) is 7.41. The molecule has 3 aliphatic heterocycles. The Morgan fingerprint density at radius 1 is 1.10 bits per heavy atom. The summed E-state index contributed by atoms with van der Waals surface area (Å²) in [5.74, 6) is 0.329. The lowest BCUT2D eigenvalue weighted by Crippen LogP contribution is -2.59. The summed E-state index contributed by atoms with van der Waals surface area (Å²) < 4.78 is 0. The highest BCUT2D eigenvalue weighted by Crippen LogP contribution is 2.49. The molecule has 3 saturated heterocycles. The molecule has 0 unspecified atom stereocenters. The molecule has 1 aromatic rings. The average Bonchev–Trinajstić information content (AvgIpc) is 3.29. The summed E-state index contributed by atoms with van der Waals surface area (Å²) >= 11 is 0. The van der Waals surface area contributed by atoms with E-state index in [9.17, 15) is 14.4 Å². The number of hydrogen-bond donors (Lipinski definition) is 1. The van der Waals surface area contributed by atoms with Gasteiger partial charge in [-0.3, -0.25) is 9.59 Å². The van der Waals surface area contributed by atoms with Crippen molar-refractivity contribution >= 4 is 17.8 Å². The van der Waals surface area contributed by atoms with Crippen molar-refractivity contribution in [2.75, 3.05) is 39.3 Å². The number of piperidine rings is 1. The van der Waals surface area contributed by atoms with Crippen LogP contribution < -0.4 is 5.32 Å². The summed E-state index contributed by atoms with van der Waals surface area (Å²) in [5.41, 5.74) is 0.988. The number of urea groups is 1. The second-order valence-electron chi connectivity index (χ2n) is 8.78. The molecule has 1 spiro atoms. The molecule has 7 nitrogen and oxygen atoms in total. The van der Waals surface area contributed by atoms with Crippen LogP contribution in [0.5, 0.6) is 0 Å². The van der Waals surface area contributed by atoms with Crippen molar-refractivity contribution < 1.29 is 14.4 Å². The third-order valence-electron chi connectivity index (χ3n) is 7.34. The van der Waals surface area contributed by atoms with E-state index >= 15 is 0 Å². The maximum Gasteiger partial charge on any atom is 0.317 e. The number of likely N-dealkylation sites (tertiary alicyclic amines) is 3. The van der Waals surface area contributed by atoms with E-state index < -0.39 is 0 Å². The Morgan fingerprint density at radius 2 is 1.80 bits per heavy atom. The van der Waals surface area contributed by atoms with Crippen molar-refractivity contribution in [3.8, 4) is 0 Å². The monoisotopic (exact) mass is 412 g/mol. The van der Waals surface area contributed by atoms with E-state index in [1.54, 1.807) is 6.92 Å². The van der Waals surface area contributed by atoms with Crippen LogP contribution in [-0.4, -0.2) is 77.4 Å². The van der Waals surface area contributed by atoms with E-state index in [1.807, 2.05) is 39.8 Å². The zero-order valence-electron chi connectivity index (χ0n) is 18.0. The van der Waals surface area contributed by atoms with E-state index in [1.165, 1.54) is 5.56 Å². The van der Waals surface area contributed by atoms with Gasteiger partial charge in [0.15, 0.2) is 0 Å². The molecule has 162 valence electrons. The van der Waals surface area contributed by atoms with Crippen molar-refractivity contribution in [1.82, 2.24) is 20.0 Å². The van der Waals surface area contributed by atoms with Gasteiger partial charge in [0.05, 0.1) is 11.5 Å². The van der Waals surface area contributed by atoms with Crippen LogP contribution in [0.2, 0.25) is 0 Å². The molecule has 3 aliphatic rings. The smallest absolute Gasteiger partial charge is 0.317 e. The van der Waals surface area contributed by atoms with Crippen molar-refractivity contribution in [3.63, 3.8) is 0 Å². The normalized spacial score (nSPS) is 25.0. The van der Waals surface area contributed by atoms with E-state index in [-0.39, 0.29) is 35.2 Å². The summed E-state index contributed by atoms with van der Waals surface area (Å²) in [4.78, 5) is 43.3. The van der Waals surface area contributed by atoms with Gasteiger partial charge >= 0.3 is 6.03 Å². The van der Waals surface area contributed by atoms with Gasteiger partial charge < -0.3 is 20.0 Å². The summed E-state index contributed by atoms with van der Waals surface area (Å²) in [7, 11) is 0. The summed E-state index contributed by atoms with van der Waals surface area (Å²) in [5, 5.41) is 3.04. The Bertz CT molecular complexity index is 804. The first kappa shape index (κ1) is 20.7. The van der Waals surface area contributed by atoms with Gasteiger partial charge in [0.25, 0.3) is 0 Å². The van der Waals surface area contributed by atoms with Gasteiger partial charge in [-0.25, -0.2) is 4.79 Å². The Kier molecular flexibility index (Phi) is 5.71. The number of carbonyl (C=O) groups is 3. The Labute approximate surface area is 178 Å². The predicted molar refractivity (Wildman–Crippen MR) is 114 cm³/mol. The van der Waals surface area contributed by atoms with Crippen LogP contribution in [0, 0.1) is 11.8 Å². The van der Waals surface area contributed by atoms with Crippen LogP contribution in [0.1, 0.15) is 32.3 Å². The first-order valence-corrected chi connectivity index (χ1v) is 11.1. The fraction of sp³-hybridized carbons (Fsp3) is 0.609. The molecule has 3 fully saturated rings. The van der Waals surface area contributed by atoms with Crippen molar-refractivity contribution in [3.05, 3.63) is 35.9 Å². The number of benzene rings is 1. The molecule has 4 rings (SSSR count). The highest BCUT2D eigenvalue weighted by molar-refractivity contribution is 5.85. The molecule has 7 heteroatoms. The number of amides is 4. The highest BCUT2D eigenvalue weighted by atomic mass is 16.2. The molecule has 2 atom stereocenters. The first-order chi connectivity index (χ1) is 14.5. The van der Waals surface area contributed by atoms with Crippen LogP contribution in [0.4, 0.5) is 4.79 Å². The van der Waals surface area contributed by atoms with Crippen LogP contribution in [0.15, 0.2) is 30.3 Å². The molecule has 30 heavy (non-hydrogen) atoms. The zero-order chi connectivity index (χ0) is 21.3. The molecule has 0 aliphatic carbocycles. The maximum absolute atomic E-state index is 13.0. The quantitative estimate of drug-likeness (QED) is 0.819. The number of hydrogen-bond acceptors (Lipinski definition) is 3. The number of fused-ring (bicyclic) bond motifs is 2. The minimum atomic E-state index is -0.221. The van der Waals surface area contributed by atoms with Gasteiger partial charge in [0, 0.05) is 52.1 Å². The van der Waals surface area contributed by atoms with Gasteiger partial charge in [-0.1, -0.05) is 30.3 Å². The predicted octanol–water partition coefficient (Wildman–Crippen LogP) is 1.73. The van der Waals surface area contributed by atoms with Gasteiger partial charge in [-0.15, -0.1) is 0 Å². The molecule has 0 saturated carbocycles. The molecule has 4 amide bonds. The number of nitrogens with one attached hydrogen (secondary N) is 1. The standard InChI is InChI=1S/C23H32N4O3/c1-3-27-21(29)19-15-26(17(2)28)16-20(19)23(27)10-13-25(14-11-23)22(30)24-12-9-18-7-5-4-6-8-18/h4-8,19-20H,3,9-16H2,1-2H3,(H,24,30)/t19-,20-/m1/s1. The van der Waals surface area contributed by atoms with Crippen LogP contribution in [0.25, 0.3) is 0 Å². The molecule has 0 radical (unpaired) electrons. The first-order valence-electron chi connectivity index (χ1n) is 11.1. The Morgan fingerprint density at radius 3 is 2.43 bits per heavy atom. The van der Waals surface area contributed by atoms with E-state index in [2.05, 4.69) is 17.4 Å². The van der Waals surface area contributed by atoms with E-state index in [0.29, 0.717) is 39.3 Å². The molecule has 1 N–H and O–H groups in total.